The smallest absolute Gasteiger partial charge is 0.341 e. The van der Waals surface area contributed by atoms with Crippen molar-refractivity contribution < 1.29 is 23.9 Å². The lowest BCUT2D eigenvalue weighted by molar-refractivity contribution is -0.119. The zero-order valence-electron chi connectivity index (χ0n) is 16.1. The van der Waals surface area contributed by atoms with E-state index in [0.717, 1.165) is 36.1 Å². The number of benzene rings is 1. The van der Waals surface area contributed by atoms with Gasteiger partial charge >= 0.3 is 5.97 Å². The maximum absolute atomic E-state index is 12.7. The summed E-state index contributed by atoms with van der Waals surface area (Å²) >= 11 is 7.44. The number of ether oxygens (including phenoxy) is 2. The fourth-order valence-corrected chi connectivity index (χ4v) is 4.76. The molecule has 0 aliphatic heterocycles. The molecule has 0 unspecified atom stereocenters. The average Bonchev–Trinajstić information content (AvgIpc) is 3.03. The van der Waals surface area contributed by atoms with Gasteiger partial charge in [0.25, 0.3) is 5.91 Å². The normalized spacial score (nSPS) is 12.7. The number of hydrogen-bond donors (Lipinski definition) is 2. The summed E-state index contributed by atoms with van der Waals surface area (Å²) < 4.78 is 10.3. The number of halogens is 1. The zero-order valence-corrected chi connectivity index (χ0v) is 17.7. The van der Waals surface area contributed by atoms with Crippen LogP contribution in [-0.4, -0.2) is 31.5 Å². The molecular formula is C20H21ClN2O5S. The highest BCUT2D eigenvalue weighted by Crippen LogP contribution is 2.38. The van der Waals surface area contributed by atoms with Crippen LogP contribution in [0, 0.1) is 0 Å². The quantitative estimate of drug-likeness (QED) is 0.666. The third kappa shape index (κ3) is 5.07. The van der Waals surface area contributed by atoms with Crippen molar-refractivity contribution in [1.82, 2.24) is 0 Å². The second-order valence-corrected chi connectivity index (χ2v) is 8.08. The molecule has 29 heavy (non-hydrogen) atoms. The molecule has 2 amide bonds. The predicted octanol–water partition coefficient (Wildman–Crippen LogP) is 4.04. The molecule has 7 nitrogen and oxygen atoms in total. The van der Waals surface area contributed by atoms with Crippen molar-refractivity contribution in [2.45, 2.75) is 32.6 Å². The number of carbonyl (C=O) groups excluding carboxylic acids is 3. The van der Waals surface area contributed by atoms with Crippen LogP contribution in [0.5, 0.6) is 5.75 Å². The molecule has 0 bridgehead atoms. The molecule has 0 saturated heterocycles. The van der Waals surface area contributed by atoms with E-state index in [1.807, 2.05) is 0 Å². The first kappa shape index (κ1) is 21.1. The van der Waals surface area contributed by atoms with Gasteiger partial charge in [0.05, 0.1) is 17.7 Å². The van der Waals surface area contributed by atoms with Crippen molar-refractivity contribution in [3.8, 4) is 5.75 Å². The highest BCUT2D eigenvalue weighted by atomic mass is 35.5. The van der Waals surface area contributed by atoms with Gasteiger partial charge in [-0.05, 0) is 49.4 Å². The first-order valence-electron chi connectivity index (χ1n) is 9.11. The van der Waals surface area contributed by atoms with Crippen LogP contribution < -0.4 is 15.4 Å². The van der Waals surface area contributed by atoms with Gasteiger partial charge < -0.3 is 20.1 Å². The Morgan fingerprint density at radius 2 is 1.93 bits per heavy atom. The molecule has 2 N–H and O–H groups in total. The van der Waals surface area contributed by atoms with E-state index in [1.165, 1.54) is 25.4 Å². The highest BCUT2D eigenvalue weighted by molar-refractivity contribution is 7.17. The molecule has 0 spiro atoms. The van der Waals surface area contributed by atoms with Crippen LogP contribution >= 0.6 is 22.9 Å². The highest BCUT2D eigenvalue weighted by Gasteiger charge is 2.27. The van der Waals surface area contributed by atoms with Crippen LogP contribution in [0.25, 0.3) is 0 Å². The monoisotopic (exact) mass is 436 g/mol. The Bertz CT molecular complexity index is 957. The van der Waals surface area contributed by atoms with Gasteiger partial charge in [0.2, 0.25) is 5.91 Å². The Hall–Kier alpha value is -2.58. The van der Waals surface area contributed by atoms with Crippen molar-refractivity contribution in [1.29, 1.82) is 0 Å². The minimum Gasteiger partial charge on any atom is -0.495 e. The Morgan fingerprint density at radius 3 is 2.62 bits per heavy atom. The molecule has 3 rings (SSSR count). The number of fused-ring (bicyclic) bond motifs is 1. The topological polar surface area (TPSA) is 93.7 Å². The van der Waals surface area contributed by atoms with Gasteiger partial charge in [-0.3, -0.25) is 9.59 Å². The molecule has 0 fully saturated rings. The number of hydrogen-bond acceptors (Lipinski definition) is 6. The van der Waals surface area contributed by atoms with Crippen molar-refractivity contribution in [3.63, 3.8) is 0 Å². The fraction of sp³-hybridized carbons (Fsp3) is 0.350. The number of methoxy groups -OCH3 is 1. The molecule has 2 aromatic rings. The lowest BCUT2D eigenvalue weighted by Gasteiger charge is -2.13. The van der Waals surface area contributed by atoms with Crippen LogP contribution in [0.2, 0.25) is 5.02 Å². The van der Waals surface area contributed by atoms with Crippen molar-refractivity contribution in [2.75, 3.05) is 24.4 Å². The molecule has 1 aliphatic rings. The summed E-state index contributed by atoms with van der Waals surface area (Å²) in [6, 6.07) is 4.81. The Balaban J connectivity index is 1.67. The predicted molar refractivity (Wildman–Crippen MR) is 112 cm³/mol. The molecule has 154 valence electrons. The van der Waals surface area contributed by atoms with Gasteiger partial charge in [0.15, 0.2) is 6.61 Å². The first-order valence-corrected chi connectivity index (χ1v) is 10.3. The van der Waals surface area contributed by atoms with E-state index in [1.54, 1.807) is 18.2 Å². The number of anilines is 2. The van der Waals surface area contributed by atoms with E-state index in [-0.39, 0.29) is 5.91 Å². The third-order valence-electron chi connectivity index (χ3n) is 4.43. The maximum atomic E-state index is 12.7. The van der Waals surface area contributed by atoms with Gasteiger partial charge in [-0.2, -0.15) is 0 Å². The second kappa shape index (κ2) is 9.28. The first-order chi connectivity index (χ1) is 13.9. The van der Waals surface area contributed by atoms with E-state index in [4.69, 9.17) is 21.1 Å². The molecule has 1 aromatic carbocycles. The Kier molecular flexibility index (Phi) is 6.76. The SMILES string of the molecule is COc1ccc(NC(=O)COC(=O)c2c(NC(C)=O)sc3c2CCCC3)cc1Cl. The maximum Gasteiger partial charge on any atom is 0.341 e. The van der Waals surface area contributed by atoms with Crippen molar-refractivity contribution in [2.24, 2.45) is 0 Å². The fourth-order valence-electron chi connectivity index (χ4n) is 3.17. The summed E-state index contributed by atoms with van der Waals surface area (Å²) in [6.07, 6.45) is 3.65. The van der Waals surface area contributed by atoms with Crippen molar-refractivity contribution >= 4 is 51.4 Å². The largest absolute Gasteiger partial charge is 0.495 e. The number of esters is 1. The van der Waals surface area contributed by atoms with Gasteiger partial charge in [-0.1, -0.05) is 11.6 Å². The molecule has 1 aromatic heterocycles. The van der Waals surface area contributed by atoms with Crippen LogP contribution in [0.4, 0.5) is 10.7 Å². The summed E-state index contributed by atoms with van der Waals surface area (Å²) in [5, 5.41) is 6.17. The number of amides is 2. The second-order valence-electron chi connectivity index (χ2n) is 6.57. The summed E-state index contributed by atoms with van der Waals surface area (Å²) in [4.78, 5) is 37.5. The molecule has 1 heterocycles. The van der Waals surface area contributed by atoms with Gasteiger partial charge in [-0.15, -0.1) is 11.3 Å². The minimum absolute atomic E-state index is 0.258. The third-order valence-corrected chi connectivity index (χ3v) is 5.94. The molecule has 0 atom stereocenters. The van der Waals surface area contributed by atoms with E-state index >= 15 is 0 Å². The van der Waals surface area contributed by atoms with Gasteiger partial charge in [0, 0.05) is 17.5 Å². The number of carbonyl (C=O) groups is 3. The summed E-state index contributed by atoms with van der Waals surface area (Å²) in [7, 11) is 1.50. The Morgan fingerprint density at radius 1 is 1.17 bits per heavy atom. The Labute approximate surface area is 177 Å². The summed E-state index contributed by atoms with van der Waals surface area (Å²) in [5.74, 6) is -0.878. The lowest BCUT2D eigenvalue weighted by Crippen LogP contribution is -2.22. The summed E-state index contributed by atoms with van der Waals surface area (Å²) in [6.45, 7) is 0.938. The van der Waals surface area contributed by atoms with Gasteiger partial charge in [-0.25, -0.2) is 4.79 Å². The van der Waals surface area contributed by atoms with E-state index in [2.05, 4.69) is 10.6 Å². The molecular weight excluding hydrogens is 416 g/mol. The molecule has 9 heteroatoms. The van der Waals surface area contributed by atoms with Crippen molar-refractivity contribution in [3.05, 3.63) is 39.2 Å². The number of rotatable bonds is 6. The zero-order chi connectivity index (χ0) is 21.0. The van der Waals surface area contributed by atoms with Crippen LogP contribution in [0.15, 0.2) is 18.2 Å². The van der Waals surface area contributed by atoms with E-state index in [0.29, 0.717) is 27.0 Å². The molecule has 0 saturated carbocycles. The van der Waals surface area contributed by atoms with Crippen LogP contribution in [0.3, 0.4) is 0 Å². The lowest BCUT2D eigenvalue weighted by atomic mass is 9.95. The number of thiophene rings is 1. The van der Waals surface area contributed by atoms with Crippen LogP contribution in [-0.2, 0) is 27.2 Å². The van der Waals surface area contributed by atoms with Crippen LogP contribution in [0.1, 0.15) is 40.6 Å². The minimum atomic E-state index is -0.615. The average molecular weight is 437 g/mol. The standard InChI is InChI=1S/C20H21ClN2O5S/c1-11(24)22-19-18(13-5-3-4-6-16(13)29-19)20(26)28-10-17(25)23-12-7-8-15(27-2)14(21)9-12/h7-9H,3-6,10H2,1-2H3,(H,22,24)(H,23,25). The van der Waals surface area contributed by atoms with E-state index < -0.39 is 18.5 Å². The molecule has 0 radical (unpaired) electrons. The van der Waals surface area contributed by atoms with Gasteiger partial charge in [0.1, 0.15) is 10.8 Å². The van der Waals surface area contributed by atoms with E-state index in [9.17, 15) is 14.4 Å². The molecule has 1 aliphatic carbocycles. The summed E-state index contributed by atoms with van der Waals surface area (Å²) in [5.41, 5.74) is 1.74. The number of nitrogens with one attached hydrogen (secondary N) is 2. The number of aryl methyl sites for hydroxylation is 1.